The summed E-state index contributed by atoms with van der Waals surface area (Å²) in [5.74, 6) is 0.0206. The lowest BCUT2D eigenvalue weighted by molar-refractivity contribution is -0.384. The summed E-state index contributed by atoms with van der Waals surface area (Å²) in [7, 11) is 1.37. The Morgan fingerprint density at radius 3 is 2.30 bits per heavy atom. The first-order valence-electron chi connectivity index (χ1n) is 16.9. The van der Waals surface area contributed by atoms with Crippen LogP contribution in [0.15, 0.2) is 72.8 Å². The summed E-state index contributed by atoms with van der Waals surface area (Å²) in [6, 6.07) is 18.5. The Hall–Kier alpha value is -5.78. The van der Waals surface area contributed by atoms with Crippen LogP contribution in [0.4, 0.5) is 22.7 Å². The highest BCUT2D eigenvalue weighted by molar-refractivity contribution is 5.95. The maximum absolute atomic E-state index is 13.0. The first-order chi connectivity index (χ1) is 24.3. The Kier molecular flexibility index (Phi) is 10.7. The highest BCUT2D eigenvalue weighted by Gasteiger charge is 2.29. The van der Waals surface area contributed by atoms with Gasteiger partial charge in [0, 0.05) is 42.5 Å². The molecule has 50 heavy (non-hydrogen) atoms. The number of nitrogens with one attached hydrogen (secondary N) is 2. The highest BCUT2D eigenvalue weighted by Crippen LogP contribution is 2.45. The number of unbranched alkanes of at least 4 members (excludes halogenated alkanes) is 2. The molecule has 0 bridgehead atoms. The Balaban J connectivity index is 1.10. The van der Waals surface area contributed by atoms with Gasteiger partial charge in [0.25, 0.3) is 5.69 Å². The number of nitro benzene ring substituents is 1. The van der Waals surface area contributed by atoms with Gasteiger partial charge in [0.1, 0.15) is 28.6 Å². The fourth-order valence-corrected chi connectivity index (χ4v) is 6.31. The molecule has 4 aromatic carbocycles. The van der Waals surface area contributed by atoms with Crippen LogP contribution in [0.1, 0.15) is 70.9 Å². The van der Waals surface area contributed by atoms with Gasteiger partial charge in [-0.2, -0.15) is 0 Å². The van der Waals surface area contributed by atoms with E-state index in [0.717, 1.165) is 75.2 Å². The van der Waals surface area contributed by atoms with E-state index in [1.807, 2.05) is 0 Å². The number of non-ortho nitro benzene ring substituents is 1. The van der Waals surface area contributed by atoms with E-state index in [1.54, 1.807) is 24.3 Å². The predicted molar refractivity (Wildman–Crippen MR) is 190 cm³/mol. The molecule has 4 aromatic rings. The van der Waals surface area contributed by atoms with E-state index < -0.39 is 16.9 Å². The average Bonchev–Trinajstić information content (AvgIpc) is 3.13. The summed E-state index contributed by atoms with van der Waals surface area (Å²) in [5, 5.41) is 10.9. The summed E-state index contributed by atoms with van der Waals surface area (Å²) < 4.78 is 22.7. The van der Waals surface area contributed by atoms with E-state index in [4.69, 9.17) is 18.9 Å². The van der Waals surface area contributed by atoms with E-state index in [1.165, 1.54) is 66.4 Å². The third-order valence-corrected chi connectivity index (χ3v) is 8.79. The van der Waals surface area contributed by atoms with Gasteiger partial charge in [-0.05, 0) is 92.3 Å². The molecule has 0 fully saturated rings. The third-order valence-electron chi connectivity index (χ3n) is 8.79. The molecule has 0 atom stereocenters. The molecule has 0 spiro atoms. The molecule has 0 aromatic heterocycles. The van der Waals surface area contributed by atoms with Gasteiger partial charge in [-0.1, -0.05) is 19.8 Å². The van der Waals surface area contributed by atoms with Crippen molar-refractivity contribution >= 4 is 34.7 Å². The first-order valence-corrected chi connectivity index (χ1v) is 16.9. The van der Waals surface area contributed by atoms with E-state index in [0.29, 0.717) is 12.2 Å². The van der Waals surface area contributed by atoms with Crippen LogP contribution in [-0.4, -0.2) is 43.7 Å². The number of carbonyl (C=O) groups is 2. The Bertz CT molecular complexity index is 1860. The number of esters is 2. The molecule has 12 nitrogen and oxygen atoms in total. The van der Waals surface area contributed by atoms with Crippen LogP contribution in [0.2, 0.25) is 0 Å². The van der Waals surface area contributed by atoms with Crippen molar-refractivity contribution < 1.29 is 33.5 Å². The number of ether oxygens (including phenoxy) is 4. The van der Waals surface area contributed by atoms with Crippen molar-refractivity contribution in [3.05, 3.63) is 105 Å². The largest absolute Gasteiger partial charge is 0.496 e. The second kappa shape index (κ2) is 15.6. The standard InChI is InChI=1S/C38H40N4O8/c1-3-4-5-22-48-36-32-9-7-21-41-20-6-8-26(35(32)41)23-33(36)40-39-27-12-10-25(11-13-27)37(43)50-30-18-19-31(34(24-30)47-2)38(44)49-29-16-14-28(15-17-29)42(45)46/h10-19,23-24,39-40H,3-9,20-22H2,1-2H3. The molecule has 0 saturated carbocycles. The second-order valence-corrected chi connectivity index (χ2v) is 12.2. The van der Waals surface area contributed by atoms with Gasteiger partial charge in [0.2, 0.25) is 0 Å². The zero-order valence-corrected chi connectivity index (χ0v) is 28.2. The summed E-state index contributed by atoms with van der Waals surface area (Å²) in [4.78, 5) is 38.6. The molecule has 0 radical (unpaired) electrons. The van der Waals surface area contributed by atoms with E-state index in [-0.39, 0.29) is 28.5 Å². The normalized spacial score (nSPS) is 13.1. The van der Waals surface area contributed by atoms with Gasteiger partial charge in [0.15, 0.2) is 0 Å². The lowest BCUT2D eigenvalue weighted by Crippen LogP contribution is -2.35. The molecule has 2 aliphatic heterocycles. The third kappa shape index (κ3) is 7.75. The molecule has 2 heterocycles. The summed E-state index contributed by atoms with van der Waals surface area (Å²) >= 11 is 0. The lowest BCUT2D eigenvalue weighted by Gasteiger charge is -2.38. The average molecular weight is 681 g/mol. The molecule has 0 unspecified atom stereocenters. The van der Waals surface area contributed by atoms with Crippen molar-refractivity contribution in [2.75, 3.05) is 42.6 Å². The van der Waals surface area contributed by atoms with E-state index in [2.05, 4.69) is 28.7 Å². The zero-order chi connectivity index (χ0) is 35.0. The van der Waals surface area contributed by atoms with Crippen molar-refractivity contribution in [1.82, 2.24) is 0 Å². The predicted octanol–water partition coefficient (Wildman–Crippen LogP) is 7.75. The second-order valence-electron chi connectivity index (χ2n) is 12.2. The number of hydrazine groups is 1. The van der Waals surface area contributed by atoms with Gasteiger partial charge < -0.3 is 29.3 Å². The minimum Gasteiger partial charge on any atom is -0.496 e. The molecule has 0 aliphatic carbocycles. The lowest BCUT2D eigenvalue weighted by atomic mass is 9.90. The number of hydrogen-bond donors (Lipinski definition) is 2. The fraction of sp³-hybridized carbons (Fsp3) is 0.316. The summed E-state index contributed by atoms with van der Waals surface area (Å²) in [6.45, 7) is 5.04. The quantitative estimate of drug-likeness (QED) is 0.0444. The summed E-state index contributed by atoms with van der Waals surface area (Å²) in [6.07, 6.45) is 7.56. The smallest absolute Gasteiger partial charge is 0.347 e. The van der Waals surface area contributed by atoms with Crippen molar-refractivity contribution in [3.8, 4) is 23.0 Å². The molecule has 6 rings (SSSR count). The van der Waals surface area contributed by atoms with Crippen molar-refractivity contribution in [2.24, 2.45) is 0 Å². The monoisotopic (exact) mass is 680 g/mol. The number of aryl methyl sites for hydroxylation is 1. The molecule has 0 saturated heterocycles. The maximum atomic E-state index is 13.0. The number of carbonyl (C=O) groups excluding carboxylic acids is 2. The molecule has 2 N–H and O–H groups in total. The van der Waals surface area contributed by atoms with Crippen LogP contribution in [0, 0.1) is 10.1 Å². The molecule has 2 aliphatic rings. The topological polar surface area (TPSA) is 142 Å². The van der Waals surface area contributed by atoms with Crippen LogP contribution < -0.4 is 34.7 Å². The Morgan fingerprint density at radius 2 is 1.58 bits per heavy atom. The van der Waals surface area contributed by atoms with E-state index in [9.17, 15) is 19.7 Å². The first kappa shape index (κ1) is 34.1. The van der Waals surface area contributed by atoms with Crippen molar-refractivity contribution in [1.29, 1.82) is 0 Å². The van der Waals surface area contributed by atoms with Crippen LogP contribution in [0.25, 0.3) is 0 Å². The fourth-order valence-electron chi connectivity index (χ4n) is 6.31. The van der Waals surface area contributed by atoms with Gasteiger partial charge >= 0.3 is 11.9 Å². The highest BCUT2D eigenvalue weighted by atomic mass is 16.6. The number of benzene rings is 4. The van der Waals surface area contributed by atoms with Crippen molar-refractivity contribution in [2.45, 2.75) is 51.9 Å². The maximum Gasteiger partial charge on any atom is 0.347 e. The number of anilines is 3. The van der Waals surface area contributed by atoms with Crippen LogP contribution in [0.3, 0.4) is 0 Å². The minimum absolute atomic E-state index is 0.0867. The number of nitrogens with zero attached hydrogens (tertiary/aromatic N) is 2. The Labute approximate surface area is 290 Å². The van der Waals surface area contributed by atoms with E-state index >= 15 is 0 Å². The number of hydrogen-bond acceptors (Lipinski definition) is 11. The Morgan fingerprint density at radius 1 is 0.860 bits per heavy atom. The minimum atomic E-state index is -0.739. The van der Waals surface area contributed by atoms with Gasteiger partial charge in [-0.25, -0.2) is 9.59 Å². The van der Waals surface area contributed by atoms with Crippen molar-refractivity contribution in [3.63, 3.8) is 0 Å². The number of methoxy groups -OCH3 is 1. The molecule has 12 heteroatoms. The molecular weight excluding hydrogens is 640 g/mol. The SMILES string of the molecule is CCCCCOc1c(NNc2ccc(C(=O)Oc3ccc(C(=O)Oc4ccc([N+](=O)[O-])cc4)c(OC)c3)cc2)cc2c3c1CCCN3CCC2. The van der Waals surface area contributed by atoms with Crippen LogP contribution in [0.5, 0.6) is 23.0 Å². The van der Waals surface area contributed by atoms with Gasteiger partial charge in [-0.15, -0.1) is 0 Å². The molecular formula is C38H40N4O8. The van der Waals surface area contributed by atoms with Gasteiger partial charge in [0.05, 0.1) is 35.6 Å². The number of nitro groups is 1. The van der Waals surface area contributed by atoms with Gasteiger partial charge in [-0.3, -0.25) is 15.5 Å². The summed E-state index contributed by atoms with van der Waals surface area (Å²) in [5.41, 5.74) is 12.6. The zero-order valence-electron chi connectivity index (χ0n) is 28.2. The number of rotatable bonds is 14. The molecule has 260 valence electrons. The van der Waals surface area contributed by atoms with Crippen LogP contribution >= 0.6 is 0 Å². The molecule has 0 amide bonds. The van der Waals surface area contributed by atoms with Crippen LogP contribution in [-0.2, 0) is 12.8 Å².